The number of ether oxygens (including phenoxy) is 1. The lowest BCUT2D eigenvalue weighted by atomic mass is 10.0. The zero-order chi connectivity index (χ0) is 31.9. The Morgan fingerprint density at radius 1 is 1.05 bits per heavy atom. The number of aryl methyl sites for hydroxylation is 1. The number of benzene rings is 2. The van der Waals surface area contributed by atoms with Gasteiger partial charge < -0.3 is 9.26 Å². The molecular formula is C30H41Cl3F3N4O2+. The molecule has 0 bridgehead atoms. The van der Waals surface area contributed by atoms with Crippen LogP contribution in [0.1, 0.15) is 82.7 Å². The SMILES string of the molecule is CCC(C)C(N)=[NH2+].CCCCC(C)c1nc(-c2ccc(OCCCc3ccc(Cl)c(Cl)c3)c(C(F)(F)F)c2)no1.CCl. The fraction of sp³-hybridized carbons (Fsp3) is 0.500. The fourth-order valence-corrected chi connectivity index (χ4v) is 3.91. The molecule has 2 atom stereocenters. The van der Waals surface area contributed by atoms with Crippen molar-refractivity contribution in [2.75, 3.05) is 13.0 Å². The second-order valence-electron chi connectivity index (χ2n) is 9.72. The number of unbranched alkanes of at least 4 members (excludes halogenated alkanes) is 1. The van der Waals surface area contributed by atoms with Gasteiger partial charge in [0.2, 0.25) is 17.6 Å². The van der Waals surface area contributed by atoms with Gasteiger partial charge in [0.15, 0.2) is 0 Å². The molecule has 0 fully saturated rings. The van der Waals surface area contributed by atoms with Gasteiger partial charge in [-0.05, 0) is 61.6 Å². The standard InChI is InChI=1S/C24H25Cl2F3N2O2.C5H12N2.CH3Cl/c1-3-4-6-15(2)23-30-22(31-33-23)17-9-11-21(18(14-17)24(27,28)29)32-12-5-7-16-8-10-19(25)20(26)13-16;1-3-4(2)5(6)7;1-2/h8-11,13-15H,3-7,12H2,1-2H3;4H,3H2,1-2H3,(H3,6,7);1H3/p+1. The van der Waals surface area contributed by atoms with E-state index in [2.05, 4.69) is 35.6 Å². The van der Waals surface area contributed by atoms with Crippen LogP contribution in [0.5, 0.6) is 5.75 Å². The Morgan fingerprint density at radius 3 is 2.29 bits per heavy atom. The highest BCUT2D eigenvalue weighted by Crippen LogP contribution is 2.38. The summed E-state index contributed by atoms with van der Waals surface area (Å²) in [7, 11) is 0. The third-order valence-electron chi connectivity index (χ3n) is 6.43. The van der Waals surface area contributed by atoms with E-state index in [0.29, 0.717) is 40.5 Å². The first-order chi connectivity index (χ1) is 19.9. The maximum atomic E-state index is 13.7. The summed E-state index contributed by atoms with van der Waals surface area (Å²) in [6.45, 7) is 8.23. The lowest BCUT2D eigenvalue weighted by Gasteiger charge is -2.15. The van der Waals surface area contributed by atoms with Crippen molar-refractivity contribution in [2.24, 2.45) is 11.7 Å². The van der Waals surface area contributed by atoms with Crippen LogP contribution in [0.15, 0.2) is 40.9 Å². The van der Waals surface area contributed by atoms with E-state index in [9.17, 15) is 13.2 Å². The lowest BCUT2D eigenvalue weighted by molar-refractivity contribution is -0.139. The summed E-state index contributed by atoms with van der Waals surface area (Å²) in [5.41, 5.74) is 5.52. The second-order valence-corrected chi connectivity index (χ2v) is 10.5. The molecule has 6 nitrogen and oxygen atoms in total. The molecule has 12 heteroatoms. The number of nitrogens with two attached hydrogens (primary N) is 2. The van der Waals surface area contributed by atoms with E-state index >= 15 is 0 Å². The summed E-state index contributed by atoms with van der Waals surface area (Å²) in [6.07, 6.45) is 1.95. The predicted octanol–water partition coefficient (Wildman–Crippen LogP) is 8.37. The normalized spacial score (nSPS) is 12.4. The van der Waals surface area contributed by atoms with Gasteiger partial charge in [0.05, 0.1) is 28.1 Å². The van der Waals surface area contributed by atoms with Crippen LogP contribution in [0.2, 0.25) is 10.0 Å². The van der Waals surface area contributed by atoms with Crippen molar-refractivity contribution in [3.05, 3.63) is 63.5 Å². The van der Waals surface area contributed by atoms with E-state index in [4.69, 9.17) is 43.6 Å². The number of aromatic nitrogens is 2. The molecular weight excluding hydrogens is 612 g/mol. The van der Waals surface area contributed by atoms with Crippen molar-refractivity contribution in [1.29, 1.82) is 0 Å². The molecule has 0 aliphatic carbocycles. The van der Waals surface area contributed by atoms with Crippen molar-refractivity contribution in [1.82, 2.24) is 10.1 Å². The Morgan fingerprint density at radius 2 is 1.74 bits per heavy atom. The number of nitrogens with zero attached hydrogens (tertiary/aromatic N) is 2. The number of rotatable bonds is 12. The summed E-state index contributed by atoms with van der Waals surface area (Å²) in [5, 5.41) is 10.0. The molecule has 1 heterocycles. The van der Waals surface area contributed by atoms with E-state index in [0.717, 1.165) is 37.3 Å². The molecule has 3 aromatic rings. The predicted molar refractivity (Wildman–Crippen MR) is 165 cm³/mol. The summed E-state index contributed by atoms with van der Waals surface area (Å²) in [6, 6.07) is 9.06. The van der Waals surface area contributed by atoms with E-state index in [-0.39, 0.29) is 29.7 Å². The van der Waals surface area contributed by atoms with Crippen molar-refractivity contribution < 1.29 is 27.8 Å². The monoisotopic (exact) mass is 651 g/mol. The quantitative estimate of drug-likeness (QED) is 0.0886. The lowest BCUT2D eigenvalue weighted by Crippen LogP contribution is -2.49. The molecule has 0 saturated carbocycles. The van der Waals surface area contributed by atoms with Gasteiger partial charge in [0.25, 0.3) is 0 Å². The van der Waals surface area contributed by atoms with Gasteiger partial charge in [-0.25, -0.2) is 0 Å². The first-order valence-corrected chi connectivity index (χ1v) is 15.3. The zero-order valence-corrected chi connectivity index (χ0v) is 27.0. The molecule has 0 amide bonds. The topological polar surface area (TPSA) is 99.8 Å². The fourth-order valence-electron chi connectivity index (χ4n) is 3.59. The summed E-state index contributed by atoms with van der Waals surface area (Å²) >= 11 is 16.5. The van der Waals surface area contributed by atoms with Crippen LogP contribution in [0.3, 0.4) is 0 Å². The molecule has 2 aromatic carbocycles. The van der Waals surface area contributed by atoms with E-state index in [1.807, 2.05) is 19.9 Å². The summed E-state index contributed by atoms with van der Waals surface area (Å²) in [4.78, 5) is 4.30. The van der Waals surface area contributed by atoms with Gasteiger partial charge >= 0.3 is 6.18 Å². The number of alkyl halides is 4. The van der Waals surface area contributed by atoms with Crippen molar-refractivity contribution in [2.45, 2.75) is 78.3 Å². The first kappa shape index (κ1) is 37.5. The van der Waals surface area contributed by atoms with Crippen LogP contribution in [0, 0.1) is 5.92 Å². The maximum Gasteiger partial charge on any atom is 0.419 e. The Bertz CT molecular complexity index is 1240. The molecule has 0 saturated heterocycles. The zero-order valence-electron chi connectivity index (χ0n) is 24.7. The molecule has 0 spiro atoms. The molecule has 3 rings (SSSR count). The number of halogens is 6. The van der Waals surface area contributed by atoms with Crippen LogP contribution in [0.25, 0.3) is 11.4 Å². The van der Waals surface area contributed by atoms with Gasteiger partial charge in [0.1, 0.15) is 5.75 Å². The Balaban J connectivity index is 0.000000858. The average Bonchev–Trinajstić information content (AvgIpc) is 3.47. The van der Waals surface area contributed by atoms with Gasteiger partial charge in [-0.1, -0.05) is 75.0 Å². The molecule has 42 heavy (non-hydrogen) atoms. The molecule has 0 aliphatic heterocycles. The van der Waals surface area contributed by atoms with Crippen molar-refractivity contribution in [3.8, 4) is 17.1 Å². The minimum atomic E-state index is -4.59. The summed E-state index contributed by atoms with van der Waals surface area (Å²) in [5.74, 6) is 1.29. The van der Waals surface area contributed by atoms with Crippen LogP contribution >= 0.6 is 34.8 Å². The number of hydrogen-bond donors (Lipinski definition) is 2. The highest BCUT2D eigenvalue weighted by Gasteiger charge is 2.35. The highest BCUT2D eigenvalue weighted by molar-refractivity contribution is 6.42. The van der Waals surface area contributed by atoms with Gasteiger partial charge in [0, 0.05) is 17.9 Å². The second kappa shape index (κ2) is 18.9. The molecule has 0 radical (unpaired) electrons. The van der Waals surface area contributed by atoms with Gasteiger partial charge in [-0.3, -0.25) is 11.1 Å². The van der Waals surface area contributed by atoms with Crippen LogP contribution in [-0.4, -0.2) is 29.0 Å². The molecule has 234 valence electrons. The third-order valence-corrected chi connectivity index (χ3v) is 7.17. The minimum Gasteiger partial charge on any atom is -0.493 e. The molecule has 2 unspecified atom stereocenters. The third kappa shape index (κ3) is 12.4. The Labute approximate surface area is 261 Å². The Hall–Kier alpha value is -2.49. The van der Waals surface area contributed by atoms with Crippen LogP contribution in [-0.2, 0) is 12.6 Å². The highest BCUT2D eigenvalue weighted by atomic mass is 35.5. The van der Waals surface area contributed by atoms with Crippen molar-refractivity contribution >= 4 is 40.6 Å². The van der Waals surface area contributed by atoms with Gasteiger partial charge in [-0.2, -0.15) is 18.2 Å². The van der Waals surface area contributed by atoms with Gasteiger partial charge in [-0.15, -0.1) is 11.6 Å². The average molecular weight is 653 g/mol. The van der Waals surface area contributed by atoms with E-state index in [1.54, 1.807) is 12.1 Å². The maximum absolute atomic E-state index is 13.7. The first-order valence-electron chi connectivity index (χ1n) is 13.7. The van der Waals surface area contributed by atoms with Crippen molar-refractivity contribution in [3.63, 3.8) is 0 Å². The number of hydrogen-bond acceptors (Lipinski definition) is 4. The van der Waals surface area contributed by atoms with Crippen LogP contribution in [0.4, 0.5) is 13.2 Å². The van der Waals surface area contributed by atoms with E-state index < -0.39 is 11.7 Å². The van der Waals surface area contributed by atoms with Crippen LogP contribution < -0.4 is 15.9 Å². The minimum absolute atomic E-state index is 0.0476. The Kier molecular flexibility index (Phi) is 16.9. The summed E-state index contributed by atoms with van der Waals surface area (Å²) < 4.78 is 51.9. The number of amidine groups is 1. The van der Waals surface area contributed by atoms with E-state index in [1.165, 1.54) is 18.5 Å². The largest absolute Gasteiger partial charge is 0.493 e. The molecule has 0 aliphatic rings. The molecule has 4 N–H and O–H groups in total. The smallest absolute Gasteiger partial charge is 0.419 e. The molecule has 1 aromatic heterocycles.